The summed E-state index contributed by atoms with van der Waals surface area (Å²) in [7, 11) is 0. The van der Waals surface area contributed by atoms with E-state index in [2.05, 4.69) is 67.7 Å². The number of nitrogens with zero attached hydrogens (tertiary/aromatic N) is 1. The maximum Gasteiger partial charge on any atom is 0.223 e. The highest BCUT2D eigenvalue weighted by Gasteiger charge is 2.40. The predicted molar refractivity (Wildman–Crippen MR) is 136 cm³/mol. The van der Waals surface area contributed by atoms with Crippen LogP contribution in [0.25, 0.3) is 0 Å². The largest absolute Gasteiger partial charge is 0.369 e. The van der Waals surface area contributed by atoms with E-state index in [1.807, 2.05) is 18.7 Å². The second kappa shape index (κ2) is 16.3. The van der Waals surface area contributed by atoms with Crippen molar-refractivity contribution in [3.8, 4) is 0 Å². The highest BCUT2D eigenvalue weighted by atomic mass is 16.2. The second-order valence-electron chi connectivity index (χ2n) is 9.01. The predicted octanol–water partition coefficient (Wildman–Crippen LogP) is 6.27. The smallest absolute Gasteiger partial charge is 0.223 e. The first kappa shape index (κ1) is 27.7. The number of nitrogens with two attached hydrogens (primary N) is 1. The van der Waals surface area contributed by atoms with Gasteiger partial charge >= 0.3 is 0 Å². The Hall–Kier alpha value is -2.36. The number of allylic oxidation sites excluding steroid dienone is 10. The molecule has 1 aliphatic rings. The first-order chi connectivity index (χ1) is 15.4. The minimum atomic E-state index is -0.552. The molecule has 1 atom stereocenters. The van der Waals surface area contributed by atoms with Gasteiger partial charge in [0.05, 0.1) is 0 Å². The van der Waals surface area contributed by atoms with Gasteiger partial charge in [0.2, 0.25) is 11.8 Å². The number of hydrogen-bond donors (Lipinski definition) is 1. The molecule has 4 heteroatoms. The summed E-state index contributed by atoms with van der Waals surface area (Å²) in [6.07, 6.45) is 30.1. The van der Waals surface area contributed by atoms with Crippen molar-refractivity contribution in [3.05, 3.63) is 60.8 Å². The summed E-state index contributed by atoms with van der Waals surface area (Å²) < 4.78 is 0. The molecule has 178 valence electrons. The third-order valence-electron chi connectivity index (χ3n) is 6.12. The van der Waals surface area contributed by atoms with Crippen LogP contribution in [0.3, 0.4) is 0 Å². The van der Waals surface area contributed by atoms with Crippen molar-refractivity contribution < 1.29 is 9.59 Å². The molecule has 0 saturated carbocycles. The standard InChI is InChI=1S/C28H44N2O2/c1-4-5-6-7-8-9-10-11-12-13-14-15-16-17-18-19-20-21-26(31)30-23-22-25(24-30)28(2,3)27(29)32/h5-6,8-9,11-12,14-15,17-18,25H,4,7,10,13,16,19-24H2,1-3H3,(H2,29,32)/b6-5-,9-8-,12-11-,15-14-,18-17-/t25-/m1/s1. The number of amides is 2. The van der Waals surface area contributed by atoms with Gasteiger partial charge in [0.1, 0.15) is 0 Å². The Labute approximate surface area is 196 Å². The highest BCUT2D eigenvalue weighted by Crippen LogP contribution is 2.34. The van der Waals surface area contributed by atoms with Gasteiger partial charge in [-0.1, -0.05) is 81.5 Å². The van der Waals surface area contributed by atoms with Gasteiger partial charge in [-0.2, -0.15) is 0 Å². The molecule has 0 aromatic heterocycles. The van der Waals surface area contributed by atoms with Crippen LogP contribution in [0.1, 0.15) is 78.6 Å². The zero-order valence-corrected chi connectivity index (χ0v) is 20.5. The van der Waals surface area contributed by atoms with E-state index >= 15 is 0 Å². The number of primary amides is 1. The van der Waals surface area contributed by atoms with Crippen molar-refractivity contribution >= 4 is 11.8 Å². The molecule has 32 heavy (non-hydrogen) atoms. The third-order valence-corrected chi connectivity index (χ3v) is 6.12. The molecule has 1 saturated heterocycles. The van der Waals surface area contributed by atoms with Crippen LogP contribution in [0.4, 0.5) is 0 Å². The summed E-state index contributed by atoms with van der Waals surface area (Å²) in [5, 5.41) is 0. The molecular weight excluding hydrogens is 396 g/mol. The van der Waals surface area contributed by atoms with Gasteiger partial charge in [-0.15, -0.1) is 0 Å². The number of carbonyl (C=O) groups is 2. The van der Waals surface area contributed by atoms with Crippen molar-refractivity contribution in [1.29, 1.82) is 0 Å². The molecule has 1 rings (SSSR count). The van der Waals surface area contributed by atoms with Gasteiger partial charge in [-0.3, -0.25) is 9.59 Å². The van der Waals surface area contributed by atoms with E-state index in [1.165, 1.54) is 0 Å². The van der Waals surface area contributed by atoms with Crippen LogP contribution >= 0.6 is 0 Å². The lowest BCUT2D eigenvalue weighted by atomic mass is 9.78. The van der Waals surface area contributed by atoms with Crippen molar-refractivity contribution in [2.24, 2.45) is 17.1 Å². The van der Waals surface area contributed by atoms with Gasteiger partial charge in [-0.25, -0.2) is 0 Å². The summed E-state index contributed by atoms with van der Waals surface area (Å²) in [6.45, 7) is 7.31. The van der Waals surface area contributed by atoms with Gasteiger partial charge in [0, 0.05) is 24.9 Å². The number of unbranched alkanes of at least 4 members (excludes halogenated alkanes) is 1. The fourth-order valence-electron chi connectivity index (χ4n) is 3.67. The fraction of sp³-hybridized carbons (Fsp3) is 0.571. The summed E-state index contributed by atoms with van der Waals surface area (Å²) in [4.78, 5) is 25.9. The number of rotatable bonds is 15. The summed E-state index contributed by atoms with van der Waals surface area (Å²) in [5.74, 6) is 0.0743. The monoisotopic (exact) mass is 440 g/mol. The minimum Gasteiger partial charge on any atom is -0.369 e. The van der Waals surface area contributed by atoms with E-state index in [0.717, 1.165) is 57.9 Å². The SMILES string of the molecule is CC/C=C\C/C=C\C/C=C\C/C=C\C/C=C\CCCC(=O)N1CC[C@@H](C(C)(C)C(N)=O)C1. The van der Waals surface area contributed by atoms with E-state index in [4.69, 9.17) is 5.73 Å². The highest BCUT2D eigenvalue weighted by molar-refractivity contribution is 5.81. The molecule has 1 fully saturated rings. The van der Waals surface area contributed by atoms with Crippen molar-refractivity contribution in [2.75, 3.05) is 13.1 Å². The van der Waals surface area contributed by atoms with Crippen molar-refractivity contribution in [2.45, 2.75) is 78.6 Å². The molecule has 0 aromatic rings. The van der Waals surface area contributed by atoms with Crippen LogP contribution in [0.5, 0.6) is 0 Å². The van der Waals surface area contributed by atoms with Crippen LogP contribution < -0.4 is 5.73 Å². The lowest BCUT2D eigenvalue weighted by molar-refractivity contribution is -0.132. The lowest BCUT2D eigenvalue weighted by Gasteiger charge is -2.28. The molecule has 1 aliphatic heterocycles. The molecule has 0 unspecified atom stereocenters. The number of hydrogen-bond acceptors (Lipinski definition) is 2. The van der Waals surface area contributed by atoms with Crippen LogP contribution in [0.15, 0.2) is 60.8 Å². The van der Waals surface area contributed by atoms with E-state index in [-0.39, 0.29) is 17.7 Å². The van der Waals surface area contributed by atoms with E-state index in [9.17, 15) is 9.59 Å². The Morgan fingerprint density at radius 1 is 0.875 bits per heavy atom. The maximum absolute atomic E-state index is 12.4. The molecule has 2 N–H and O–H groups in total. The van der Waals surface area contributed by atoms with Crippen molar-refractivity contribution in [3.63, 3.8) is 0 Å². The molecule has 2 amide bonds. The summed E-state index contributed by atoms with van der Waals surface area (Å²) in [5.41, 5.74) is 4.96. The topological polar surface area (TPSA) is 63.4 Å². The van der Waals surface area contributed by atoms with Crippen molar-refractivity contribution in [1.82, 2.24) is 4.90 Å². The van der Waals surface area contributed by atoms with Gasteiger partial charge in [-0.05, 0) is 57.3 Å². The Morgan fingerprint density at radius 2 is 1.38 bits per heavy atom. The average molecular weight is 441 g/mol. The Bertz CT molecular complexity index is 698. The third kappa shape index (κ3) is 11.3. The minimum absolute atomic E-state index is 0.162. The molecule has 0 spiro atoms. The molecule has 4 nitrogen and oxygen atoms in total. The molecule has 0 aromatic carbocycles. The zero-order chi connectivity index (χ0) is 23.7. The first-order valence-corrected chi connectivity index (χ1v) is 12.2. The molecular formula is C28H44N2O2. The van der Waals surface area contributed by atoms with Crippen LogP contribution in [-0.4, -0.2) is 29.8 Å². The average Bonchev–Trinajstić information content (AvgIpc) is 3.27. The first-order valence-electron chi connectivity index (χ1n) is 12.2. The molecule has 0 aliphatic carbocycles. The van der Waals surface area contributed by atoms with E-state index in [1.54, 1.807) is 0 Å². The maximum atomic E-state index is 12.4. The van der Waals surface area contributed by atoms with Crippen LogP contribution in [0.2, 0.25) is 0 Å². The van der Waals surface area contributed by atoms with Crippen LogP contribution in [-0.2, 0) is 9.59 Å². The van der Waals surface area contributed by atoms with E-state index < -0.39 is 5.41 Å². The summed E-state index contributed by atoms with van der Waals surface area (Å²) in [6, 6.07) is 0. The summed E-state index contributed by atoms with van der Waals surface area (Å²) >= 11 is 0. The Balaban J connectivity index is 2.08. The molecule has 1 heterocycles. The zero-order valence-electron chi connectivity index (χ0n) is 20.5. The van der Waals surface area contributed by atoms with Crippen LogP contribution in [0, 0.1) is 11.3 Å². The second-order valence-corrected chi connectivity index (χ2v) is 9.01. The molecule has 0 bridgehead atoms. The fourth-order valence-corrected chi connectivity index (χ4v) is 3.67. The molecule has 0 radical (unpaired) electrons. The Morgan fingerprint density at radius 3 is 1.88 bits per heavy atom. The quantitative estimate of drug-likeness (QED) is 0.241. The van der Waals surface area contributed by atoms with E-state index in [0.29, 0.717) is 13.0 Å². The Kier molecular flexibility index (Phi) is 14.1. The van der Waals surface area contributed by atoms with Gasteiger partial charge < -0.3 is 10.6 Å². The van der Waals surface area contributed by atoms with Gasteiger partial charge in [0.15, 0.2) is 0 Å². The number of likely N-dealkylation sites (tertiary alicyclic amines) is 1. The van der Waals surface area contributed by atoms with Gasteiger partial charge in [0.25, 0.3) is 0 Å². The number of carbonyl (C=O) groups excluding carboxylic acids is 2. The normalized spacial score (nSPS) is 17.8. The lowest BCUT2D eigenvalue weighted by Crippen LogP contribution is -2.40.